The standard InChI is InChI=1S/C36H30N2O2S.C7H9NO3S.ClH/c37-35(24-8-2-1-3-9-24)36(39)38(40)28-11-6-10-26(22-28)33-19-20-34(41-33)27-15-16-30-25(21-27)14-18-31-29-12-5-4-7-23(29)13-17-32(30)31;8-7(9)5-6-3-1-2-4-12(6,10)11;/h1-12,14,18-22,35,40H,13,15-17,37H2;1-4,6H,5H2,(H2,8,9);1H. The number of benzene rings is 4. The number of carbonyl (C=O) groups excluding carboxylic acids is 2. The molecule has 0 bridgehead atoms. The van der Waals surface area contributed by atoms with E-state index in [-0.39, 0.29) is 18.8 Å². The molecule has 0 fully saturated rings. The average Bonchev–Trinajstić information content (AvgIpc) is 3.69. The summed E-state index contributed by atoms with van der Waals surface area (Å²) in [6, 6.07) is 33.3. The molecule has 1 aromatic heterocycles. The van der Waals surface area contributed by atoms with E-state index in [9.17, 15) is 23.2 Å². The van der Waals surface area contributed by atoms with Gasteiger partial charge >= 0.3 is 0 Å². The lowest BCUT2D eigenvalue weighted by molar-refractivity contribution is -0.125. The molecule has 0 saturated heterocycles. The van der Waals surface area contributed by atoms with Crippen molar-refractivity contribution in [2.45, 2.75) is 43.4 Å². The lowest BCUT2D eigenvalue weighted by Crippen LogP contribution is -2.36. The van der Waals surface area contributed by atoms with Gasteiger partial charge in [-0.1, -0.05) is 103 Å². The van der Waals surface area contributed by atoms with Crippen LogP contribution in [0.4, 0.5) is 5.69 Å². The van der Waals surface area contributed by atoms with E-state index in [2.05, 4.69) is 54.6 Å². The minimum Gasteiger partial charge on any atom is -0.370 e. The Morgan fingerprint density at radius 2 is 1.56 bits per heavy atom. The van der Waals surface area contributed by atoms with Crippen molar-refractivity contribution in [3.05, 3.63) is 159 Å². The van der Waals surface area contributed by atoms with E-state index >= 15 is 0 Å². The maximum atomic E-state index is 12.9. The number of nitrogens with two attached hydrogens (primary N) is 2. The van der Waals surface area contributed by atoms with Gasteiger partial charge in [0.1, 0.15) is 6.04 Å². The average molecular weight is 778 g/mol. The molecular formula is C43H40ClN3O5S2. The maximum absolute atomic E-state index is 12.9. The highest BCUT2D eigenvalue weighted by molar-refractivity contribution is 7.95. The van der Waals surface area contributed by atoms with Crippen molar-refractivity contribution < 1.29 is 23.2 Å². The van der Waals surface area contributed by atoms with E-state index in [0.29, 0.717) is 16.3 Å². The number of hydrogen-bond donors (Lipinski definition) is 3. The summed E-state index contributed by atoms with van der Waals surface area (Å²) in [6.45, 7) is 0. The smallest absolute Gasteiger partial charge is 0.272 e. The summed E-state index contributed by atoms with van der Waals surface area (Å²) in [6.07, 6.45) is 11.0. The van der Waals surface area contributed by atoms with E-state index in [4.69, 9.17) is 11.5 Å². The van der Waals surface area contributed by atoms with E-state index in [1.54, 1.807) is 35.6 Å². The van der Waals surface area contributed by atoms with Gasteiger partial charge in [0.15, 0.2) is 9.84 Å². The zero-order valence-electron chi connectivity index (χ0n) is 29.3. The molecule has 8 nitrogen and oxygen atoms in total. The first-order chi connectivity index (χ1) is 25.6. The summed E-state index contributed by atoms with van der Waals surface area (Å²) < 4.78 is 22.3. The van der Waals surface area contributed by atoms with Gasteiger partial charge in [-0.25, -0.2) is 8.42 Å². The Morgan fingerprint density at radius 1 is 0.815 bits per heavy atom. The summed E-state index contributed by atoms with van der Waals surface area (Å²) in [5.74, 6) is -1.18. The van der Waals surface area contributed by atoms with E-state index in [0.717, 1.165) is 41.5 Å². The third-order valence-electron chi connectivity index (χ3n) is 9.85. The van der Waals surface area contributed by atoms with Crippen molar-refractivity contribution >= 4 is 62.7 Å². The fourth-order valence-electron chi connectivity index (χ4n) is 7.11. The van der Waals surface area contributed by atoms with Crippen molar-refractivity contribution in [1.29, 1.82) is 0 Å². The number of thiophene rings is 1. The van der Waals surface area contributed by atoms with Crippen molar-refractivity contribution in [3.63, 3.8) is 0 Å². The van der Waals surface area contributed by atoms with Crippen molar-refractivity contribution in [2.75, 3.05) is 5.06 Å². The Bertz CT molecular complexity index is 2400. The van der Waals surface area contributed by atoms with Crippen LogP contribution in [0.5, 0.6) is 0 Å². The number of halogens is 1. The number of hydroxylamine groups is 1. The highest BCUT2D eigenvalue weighted by Gasteiger charge is 2.26. The predicted molar refractivity (Wildman–Crippen MR) is 220 cm³/mol. The molecular weight excluding hydrogens is 738 g/mol. The molecule has 54 heavy (non-hydrogen) atoms. The predicted octanol–water partition coefficient (Wildman–Crippen LogP) is 8.24. The maximum Gasteiger partial charge on any atom is 0.272 e. The molecule has 1 aliphatic heterocycles. The molecule has 3 aliphatic rings. The minimum atomic E-state index is -3.29. The van der Waals surface area contributed by atoms with Gasteiger partial charge in [0.05, 0.1) is 10.9 Å². The molecule has 2 atom stereocenters. The van der Waals surface area contributed by atoms with Gasteiger partial charge in [-0.05, 0) is 100 Å². The van der Waals surface area contributed by atoms with E-state index in [1.807, 2.05) is 36.4 Å². The number of anilines is 1. The number of sulfone groups is 1. The van der Waals surface area contributed by atoms with Gasteiger partial charge in [0.2, 0.25) is 5.91 Å². The van der Waals surface area contributed by atoms with Crippen LogP contribution < -0.4 is 16.5 Å². The number of fused-ring (bicyclic) bond motifs is 5. The van der Waals surface area contributed by atoms with Crippen LogP contribution in [0.25, 0.3) is 33.2 Å². The van der Waals surface area contributed by atoms with Crippen molar-refractivity contribution in [2.24, 2.45) is 11.5 Å². The van der Waals surface area contributed by atoms with Crippen LogP contribution >= 0.6 is 23.7 Å². The number of aryl methyl sites for hydroxylation is 1. The third-order valence-corrected chi connectivity index (χ3v) is 12.8. The highest BCUT2D eigenvalue weighted by atomic mass is 35.5. The Hall–Kier alpha value is -5.10. The van der Waals surface area contributed by atoms with Crippen molar-refractivity contribution in [1.82, 2.24) is 0 Å². The monoisotopic (exact) mass is 777 g/mol. The van der Waals surface area contributed by atoms with Gasteiger partial charge in [-0.3, -0.25) is 14.8 Å². The molecule has 11 heteroatoms. The largest absolute Gasteiger partial charge is 0.370 e. The lowest BCUT2D eigenvalue weighted by atomic mass is 9.78. The van der Waals surface area contributed by atoms with Gasteiger partial charge in [0, 0.05) is 21.6 Å². The third kappa shape index (κ3) is 8.18. The minimum absolute atomic E-state index is 0. The molecule has 2 unspecified atom stereocenters. The van der Waals surface area contributed by atoms with Gasteiger partial charge in [-0.15, -0.1) is 23.7 Å². The Morgan fingerprint density at radius 3 is 2.33 bits per heavy atom. The summed E-state index contributed by atoms with van der Waals surface area (Å²) in [7, 11) is -3.29. The van der Waals surface area contributed by atoms with Crippen LogP contribution in [0.15, 0.2) is 127 Å². The molecule has 2 aliphatic carbocycles. The molecule has 5 N–H and O–H groups in total. The second kappa shape index (κ2) is 16.5. The van der Waals surface area contributed by atoms with Crippen LogP contribution in [-0.2, 0) is 38.7 Å². The molecule has 8 rings (SSSR count). The molecule has 0 saturated carbocycles. The Labute approximate surface area is 325 Å². The fourth-order valence-corrected chi connectivity index (χ4v) is 9.37. The Kier molecular flexibility index (Phi) is 11.8. The van der Waals surface area contributed by atoms with E-state index in [1.165, 1.54) is 56.0 Å². The van der Waals surface area contributed by atoms with E-state index < -0.39 is 32.9 Å². The van der Waals surface area contributed by atoms with Crippen LogP contribution in [0.1, 0.15) is 51.6 Å². The lowest BCUT2D eigenvalue weighted by Gasteiger charge is -2.26. The molecule has 5 aromatic rings. The van der Waals surface area contributed by atoms with Gasteiger partial charge < -0.3 is 11.5 Å². The summed E-state index contributed by atoms with van der Waals surface area (Å²) in [4.78, 5) is 25.7. The summed E-state index contributed by atoms with van der Waals surface area (Å²) in [5.41, 5.74) is 23.0. The first kappa shape index (κ1) is 38.6. The molecule has 2 amide bonds. The Balaban J connectivity index is 0.000000329. The fraction of sp³-hybridized carbons (Fsp3) is 0.163. The second-order valence-corrected chi connectivity index (χ2v) is 16.4. The number of primary amides is 1. The zero-order chi connectivity index (χ0) is 37.1. The number of rotatable bonds is 7. The topological polar surface area (TPSA) is 144 Å². The highest BCUT2D eigenvalue weighted by Crippen LogP contribution is 2.42. The first-order valence-corrected chi connectivity index (χ1v) is 19.9. The first-order valence-electron chi connectivity index (χ1n) is 17.4. The number of amides is 2. The second-order valence-electron chi connectivity index (χ2n) is 13.3. The quantitative estimate of drug-likeness (QED) is 0.112. The molecule has 0 radical (unpaired) electrons. The number of nitrogens with zero attached hydrogens (tertiary/aromatic N) is 1. The summed E-state index contributed by atoms with van der Waals surface area (Å²) in [5, 5.41) is 11.7. The van der Waals surface area contributed by atoms with Gasteiger partial charge in [0.25, 0.3) is 5.91 Å². The SMILES string of the molecule is Cl.NC(=O)CC1C=CC=CS1(=O)=O.NC(C(=O)N(O)c1cccc(-c2ccc(C3=Cc4ccc5c(c4CC3)CCc3ccccc3-5)s2)c1)c1ccccc1. The van der Waals surface area contributed by atoms with Crippen molar-refractivity contribution in [3.8, 4) is 21.6 Å². The molecule has 4 aromatic carbocycles. The van der Waals surface area contributed by atoms with Gasteiger partial charge in [-0.2, -0.15) is 5.06 Å². The van der Waals surface area contributed by atoms with Crippen LogP contribution in [-0.4, -0.2) is 30.7 Å². The normalized spacial score (nSPS) is 16.6. The number of allylic oxidation sites excluding steroid dienone is 3. The molecule has 276 valence electrons. The molecule has 0 spiro atoms. The number of hydrogen-bond acceptors (Lipinski definition) is 7. The number of carbonyl (C=O) groups is 2. The van der Waals surface area contributed by atoms with Crippen LogP contribution in [0.2, 0.25) is 0 Å². The molecule has 2 heterocycles. The van der Waals surface area contributed by atoms with Crippen LogP contribution in [0.3, 0.4) is 0 Å². The van der Waals surface area contributed by atoms with Crippen LogP contribution in [0, 0.1) is 0 Å². The zero-order valence-corrected chi connectivity index (χ0v) is 31.7. The summed E-state index contributed by atoms with van der Waals surface area (Å²) >= 11 is 1.74.